The average Bonchev–Trinajstić information content (AvgIpc) is 2.32. The van der Waals surface area contributed by atoms with E-state index in [0.717, 1.165) is 18.4 Å². The first-order chi connectivity index (χ1) is 8.12. The molecule has 0 saturated heterocycles. The Morgan fingerprint density at radius 1 is 1.41 bits per heavy atom. The predicted octanol–water partition coefficient (Wildman–Crippen LogP) is 3.03. The minimum absolute atomic E-state index is 0.113. The molecule has 4 heteroatoms. The van der Waals surface area contributed by atoms with Gasteiger partial charge in [-0.05, 0) is 44.0 Å². The fraction of sp³-hybridized carbons (Fsp3) is 0.538. The highest BCUT2D eigenvalue weighted by Gasteiger charge is 2.14. The maximum atomic E-state index is 6.20. The van der Waals surface area contributed by atoms with Crippen LogP contribution < -0.4 is 15.2 Å². The molecule has 0 spiro atoms. The molecule has 0 amide bonds. The van der Waals surface area contributed by atoms with Crippen molar-refractivity contribution in [3.8, 4) is 11.5 Å². The normalized spacial score (nSPS) is 12.3. The summed E-state index contributed by atoms with van der Waals surface area (Å²) < 4.78 is 11.1. The van der Waals surface area contributed by atoms with Crippen molar-refractivity contribution in [3.63, 3.8) is 0 Å². The fourth-order valence-electron chi connectivity index (χ4n) is 1.48. The minimum Gasteiger partial charge on any atom is -0.493 e. The highest BCUT2D eigenvalue weighted by Crippen LogP contribution is 2.37. The Hall–Kier alpha value is -0.930. The van der Waals surface area contributed by atoms with Crippen molar-refractivity contribution in [2.75, 3.05) is 13.7 Å². The van der Waals surface area contributed by atoms with E-state index in [1.165, 1.54) is 0 Å². The van der Waals surface area contributed by atoms with Crippen molar-refractivity contribution in [2.24, 2.45) is 5.73 Å². The second-order valence-corrected chi connectivity index (χ2v) is 4.39. The van der Waals surface area contributed by atoms with E-state index < -0.39 is 0 Å². The van der Waals surface area contributed by atoms with Gasteiger partial charge in [0.15, 0.2) is 11.5 Å². The van der Waals surface area contributed by atoms with Crippen LogP contribution in [-0.2, 0) is 6.42 Å². The van der Waals surface area contributed by atoms with E-state index in [1.807, 2.05) is 19.1 Å². The van der Waals surface area contributed by atoms with Gasteiger partial charge in [-0.2, -0.15) is 0 Å². The van der Waals surface area contributed by atoms with Gasteiger partial charge in [0.05, 0.1) is 18.2 Å². The molecule has 0 aliphatic heterocycles. The number of halogens is 1. The summed E-state index contributed by atoms with van der Waals surface area (Å²) >= 11 is 6.20. The molecule has 3 nitrogen and oxygen atoms in total. The van der Waals surface area contributed by atoms with Crippen molar-refractivity contribution < 1.29 is 9.47 Å². The van der Waals surface area contributed by atoms with Gasteiger partial charge >= 0.3 is 0 Å². The van der Waals surface area contributed by atoms with Gasteiger partial charge in [-0.3, -0.25) is 0 Å². The van der Waals surface area contributed by atoms with Crippen LogP contribution in [0.2, 0.25) is 5.02 Å². The number of rotatable bonds is 6. The summed E-state index contributed by atoms with van der Waals surface area (Å²) in [6.45, 7) is 4.66. The van der Waals surface area contributed by atoms with Crippen molar-refractivity contribution in [1.29, 1.82) is 0 Å². The van der Waals surface area contributed by atoms with Crippen molar-refractivity contribution in [3.05, 3.63) is 22.7 Å². The molecule has 0 bridgehead atoms. The summed E-state index contributed by atoms with van der Waals surface area (Å²) in [5, 5.41) is 0.577. The molecule has 1 atom stereocenters. The van der Waals surface area contributed by atoms with Gasteiger partial charge in [-0.1, -0.05) is 18.5 Å². The van der Waals surface area contributed by atoms with Crippen LogP contribution in [0.4, 0.5) is 0 Å². The molecule has 1 aromatic rings. The van der Waals surface area contributed by atoms with Crippen LogP contribution in [0.25, 0.3) is 0 Å². The number of ether oxygens (including phenoxy) is 2. The summed E-state index contributed by atoms with van der Waals surface area (Å²) in [7, 11) is 1.61. The SMILES string of the molecule is CCC(C)Oc1c(Cl)cc(CCN)cc1OC. The van der Waals surface area contributed by atoms with E-state index in [4.69, 9.17) is 26.8 Å². The van der Waals surface area contributed by atoms with E-state index >= 15 is 0 Å². The summed E-state index contributed by atoms with van der Waals surface area (Å²) in [5.41, 5.74) is 6.59. The van der Waals surface area contributed by atoms with Gasteiger partial charge in [0.1, 0.15) is 0 Å². The zero-order chi connectivity index (χ0) is 12.8. The van der Waals surface area contributed by atoms with Crippen LogP contribution in [-0.4, -0.2) is 19.8 Å². The molecule has 0 heterocycles. The lowest BCUT2D eigenvalue weighted by atomic mass is 10.1. The van der Waals surface area contributed by atoms with Gasteiger partial charge < -0.3 is 15.2 Å². The number of nitrogens with two attached hydrogens (primary N) is 1. The molecule has 0 radical (unpaired) electrons. The van der Waals surface area contributed by atoms with Gasteiger partial charge in [0.2, 0.25) is 0 Å². The Balaban J connectivity index is 3.03. The molecule has 0 aliphatic rings. The lowest BCUT2D eigenvalue weighted by Crippen LogP contribution is -2.11. The second kappa shape index (κ2) is 6.72. The van der Waals surface area contributed by atoms with E-state index in [9.17, 15) is 0 Å². The van der Waals surface area contributed by atoms with Crippen LogP contribution in [0.3, 0.4) is 0 Å². The highest BCUT2D eigenvalue weighted by atomic mass is 35.5. The zero-order valence-corrected chi connectivity index (χ0v) is 11.4. The minimum atomic E-state index is 0.113. The maximum Gasteiger partial charge on any atom is 0.180 e. The first kappa shape index (κ1) is 14.1. The lowest BCUT2D eigenvalue weighted by molar-refractivity contribution is 0.207. The molecule has 17 heavy (non-hydrogen) atoms. The third-order valence-electron chi connectivity index (χ3n) is 2.62. The van der Waals surface area contributed by atoms with Crippen molar-refractivity contribution >= 4 is 11.6 Å². The third-order valence-corrected chi connectivity index (χ3v) is 2.90. The van der Waals surface area contributed by atoms with Crippen LogP contribution in [0.5, 0.6) is 11.5 Å². The molecule has 96 valence electrons. The van der Waals surface area contributed by atoms with Crippen LogP contribution in [0.1, 0.15) is 25.8 Å². The monoisotopic (exact) mass is 257 g/mol. The molecule has 1 rings (SSSR count). The van der Waals surface area contributed by atoms with E-state index in [1.54, 1.807) is 7.11 Å². The Kier molecular flexibility index (Phi) is 5.59. The Morgan fingerprint density at radius 2 is 2.12 bits per heavy atom. The third kappa shape index (κ3) is 3.79. The zero-order valence-electron chi connectivity index (χ0n) is 10.6. The molecule has 2 N–H and O–H groups in total. The van der Waals surface area contributed by atoms with Crippen LogP contribution >= 0.6 is 11.6 Å². The molecule has 0 saturated carbocycles. The molecular formula is C13H20ClNO2. The highest BCUT2D eigenvalue weighted by molar-refractivity contribution is 6.32. The summed E-state index contributed by atoms with van der Waals surface area (Å²) in [6.07, 6.45) is 1.81. The molecule has 0 aliphatic carbocycles. The molecular weight excluding hydrogens is 238 g/mol. The van der Waals surface area contributed by atoms with Crippen LogP contribution in [0, 0.1) is 0 Å². The maximum absolute atomic E-state index is 6.20. The number of hydrogen-bond donors (Lipinski definition) is 1. The number of hydrogen-bond acceptors (Lipinski definition) is 3. The fourth-order valence-corrected chi connectivity index (χ4v) is 1.76. The number of benzene rings is 1. The Labute approximate surface area is 108 Å². The summed E-state index contributed by atoms with van der Waals surface area (Å²) in [5.74, 6) is 1.28. The second-order valence-electron chi connectivity index (χ2n) is 3.98. The summed E-state index contributed by atoms with van der Waals surface area (Å²) in [6, 6.07) is 3.81. The van der Waals surface area contributed by atoms with Crippen LogP contribution in [0.15, 0.2) is 12.1 Å². The molecule has 0 fully saturated rings. The standard InChI is InChI=1S/C13H20ClNO2/c1-4-9(2)17-13-11(14)7-10(5-6-15)8-12(13)16-3/h7-9H,4-6,15H2,1-3H3. The quantitative estimate of drug-likeness (QED) is 0.852. The smallest absolute Gasteiger partial charge is 0.180 e. The predicted molar refractivity (Wildman–Crippen MR) is 71.1 cm³/mol. The van der Waals surface area contributed by atoms with E-state index in [0.29, 0.717) is 23.1 Å². The van der Waals surface area contributed by atoms with Gasteiger partial charge in [0, 0.05) is 0 Å². The number of methoxy groups -OCH3 is 1. The van der Waals surface area contributed by atoms with Gasteiger partial charge in [-0.15, -0.1) is 0 Å². The Morgan fingerprint density at radius 3 is 2.65 bits per heavy atom. The summed E-state index contributed by atoms with van der Waals surface area (Å²) in [4.78, 5) is 0. The molecule has 1 aromatic carbocycles. The lowest BCUT2D eigenvalue weighted by Gasteiger charge is -2.17. The topological polar surface area (TPSA) is 44.5 Å². The van der Waals surface area contributed by atoms with Gasteiger partial charge in [-0.25, -0.2) is 0 Å². The van der Waals surface area contributed by atoms with Crippen molar-refractivity contribution in [1.82, 2.24) is 0 Å². The van der Waals surface area contributed by atoms with E-state index in [2.05, 4.69) is 6.92 Å². The molecule has 1 unspecified atom stereocenters. The Bertz CT molecular complexity index is 369. The van der Waals surface area contributed by atoms with Crippen molar-refractivity contribution in [2.45, 2.75) is 32.8 Å². The van der Waals surface area contributed by atoms with E-state index in [-0.39, 0.29) is 6.10 Å². The first-order valence-corrected chi connectivity index (χ1v) is 6.23. The molecule has 0 aromatic heterocycles. The van der Waals surface area contributed by atoms with Gasteiger partial charge in [0.25, 0.3) is 0 Å². The first-order valence-electron chi connectivity index (χ1n) is 5.85. The largest absolute Gasteiger partial charge is 0.493 e. The average molecular weight is 258 g/mol.